The maximum atomic E-state index is 12.5. The lowest BCUT2D eigenvalue weighted by Crippen LogP contribution is -2.50. The molecule has 1 spiro atoms. The maximum absolute atomic E-state index is 12.5. The van der Waals surface area contributed by atoms with Crippen LogP contribution in [0.2, 0.25) is 0 Å². The molecule has 0 atom stereocenters. The van der Waals surface area contributed by atoms with E-state index in [0.29, 0.717) is 11.8 Å². The Morgan fingerprint density at radius 3 is 2.11 bits per heavy atom. The molecule has 1 saturated carbocycles. The lowest BCUT2D eigenvalue weighted by Gasteiger charge is -2.36. The van der Waals surface area contributed by atoms with Crippen molar-refractivity contribution in [2.75, 3.05) is 0 Å². The van der Waals surface area contributed by atoms with E-state index in [1.54, 1.807) is 0 Å². The highest BCUT2D eigenvalue weighted by Crippen LogP contribution is 2.39. The van der Waals surface area contributed by atoms with E-state index in [4.69, 9.17) is 0 Å². The van der Waals surface area contributed by atoms with Crippen LogP contribution in [0.5, 0.6) is 0 Å². The average molecular weight is 252 g/mol. The number of hydrogen-bond donors (Lipinski definition) is 1. The molecule has 1 heterocycles. The number of urea groups is 1. The number of hydrogen-bond acceptors (Lipinski definition) is 2. The predicted molar refractivity (Wildman–Crippen MR) is 70.0 cm³/mol. The number of nitrogens with one attached hydrogen (secondary N) is 1. The van der Waals surface area contributed by atoms with Crippen molar-refractivity contribution < 1.29 is 9.59 Å². The fraction of sp³-hybridized carbons (Fsp3) is 0.857. The lowest BCUT2D eigenvalue weighted by molar-refractivity contribution is -0.134. The van der Waals surface area contributed by atoms with E-state index < -0.39 is 5.54 Å². The Bertz CT molecular complexity index is 355. The third-order valence-electron chi connectivity index (χ3n) is 4.54. The highest BCUT2D eigenvalue weighted by atomic mass is 16.2. The Balaban J connectivity index is 2.11. The Labute approximate surface area is 109 Å². The zero-order valence-electron chi connectivity index (χ0n) is 11.8. The Hall–Kier alpha value is -1.06. The molecule has 0 radical (unpaired) electrons. The first-order chi connectivity index (χ1) is 8.37. The minimum atomic E-state index is -0.591. The average Bonchev–Trinajstić information content (AvgIpc) is 2.51. The molecule has 3 amide bonds. The summed E-state index contributed by atoms with van der Waals surface area (Å²) in [6.45, 7) is 8.24. The zero-order chi connectivity index (χ0) is 13.5. The van der Waals surface area contributed by atoms with E-state index in [0.717, 1.165) is 25.7 Å². The maximum Gasteiger partial charge on any atom is 0.325 e. The molecule has 1 aliphatic heterocycles. The van der Waals surface area contributed by atoms with E-state index in [1.807, 2.05) is 13.8 Å². The topological polar surface area (TPSA) is 49.4 Å². The van der Waals surface area contributed by atoms with Crippen LogP contribution in [0.3, 0.4) is 0 Å². The Kier molecular flexibility index (Phi) is 3.39. The smallest absolute Gasteiger partial charge is 0.323 e. The number of rotatable bonds is 2. The van der Waals surface area contributed by atoms with Gasteiger partial charge >= 0.3 is 6.03 Å². The van der Waals surface area contributed by atoms with Crippen molar-refractivity contribution in [2.45, 2.75) is 65.0 Å². The molecule has 0 aromatic rings. The van der Waals surface area contributed by atoms with Crippen molar-refractivity contribution >= 4 is 11.9 Å². The summed E-state index contributed by atoms with van der Waals surface area (Å²) in [4.78, 5) is 25.7. The lowest BCUT2D eigenvalue weighted by atomic mass is 9.73. The molecule has 2 rings (SSSR count). The molecule has 2 aliphatic rings. The molecule has 1 N–H and O–H groups in total. The van der Waals surface area contributed by atoms with Crippen molar-refractivity contribution in [2.24, 2.45) is 11.8 Å². The molecule has 1 saturated heterocycles. The third-order valence-corrected chi connectivity index (χ3v) is 4.54. The van der Waals surface area contributed by atoms with Crippen LogP contribution in [-0.2, 0) is 4.79 Å². The fourth-order valence-electron chi connectivity index (χ4n) is 3.25. The molecule has 4 nitrogen and oxygen atoms in total. The number of imide groups is 1. The van der Waals surface area contributed by atoms with E-state index in [2.05, 4.69) is 19.2 Å². The van der Waals surface area contributed by atoms with Crippen molar-refractivity contribution in [1.82, 2.24) is 10.2 Å². The zero-order valence-corrected chi connectivity index (χ0v) is 11.8. The first kappa shape index (κ1) is 13.4. The van der Waals surface area contributed by atoms with Crippen molar-refractivity contribution in [3.63, 3.8) is 0 Å². The molecule has 102 valence electrons. The van der Waals surface area contributed by atoms with Gasteiger partial charge in [-0.05, 0) is 51.4 Å². The normalized spacial score (nSPS) is 32.8. The van der Waals surface area contributed by atoms with E-state index in [-0.39, 0.29) is 18.0 Å². The van der Waals surface area contributed by atoms with Gasteiger partial charge in [0.05, 0.1) is 0 Å². The molecule has 0 aromatic heterocycles. The molecule has 4 heteroatoms. The molecule has 1 aliphatic carbocycles. The summed E-state index contributed by atoms with van der Waals surface area (Å²) in [6, 6.07) is -0.266. The number of amides is 3. The van der Waals surface area contributed by atoms with Crippen LogP contribution in [0.15, 0.2) is 0 Å². The van der Waals surface area contributed by atoms with Crippen molar-refractivity contribution in [1.29, 1.82) is 0 Å². The number of carbonyl (C=O) groups excluding carboxylic acids is 2. The number of nitrogens with zero attached hydrogens (tertiary/aromatic N) is 1. The van der Waals surface area contributed by atoms with E-state index in [9.17, 15) is 9.59 Å². The van der Waals surface area contributed by atoms with Crippen LogP contribution in [0.4, 0.5) is 4.79 Å². The highest BCUT2D eigenvalue weighted by molar-refractivity contribution is 6.07. The van der Waals surface area contributed by atoms with Gasteiger partial charge < -0.3 is 5.32 Å². The number of carbonyl (C=O) groups is 2. The monoisotopic (exact) mass is 252 g/mol. The van der Waals surface area contributed by atoms with E-state index >= 15 is 0 Å². The van der Waals surface area contributed by atoms with Gasteiger partial charge in [0.2, 0.25) is 0 Å². The van der Waals surface area contributed by atoms with Crippen LogP contribution in [-0.4, -0.2) is 28.4 Å². The van der Waals surface area contributed by atoms with Crippen LogP contribution in [0.25, 0.3) is 0 Å². The van der Waals surface area contributed by atoms with Crippen LogP contribution >= 0.6 is 0 Å². The molecular weight excluding hydrogens is 228 g/mol. The van der Waals surface area contributed by atoms with Crippen molar-refractivity contribution in [3.05, 3.63) is 0 Å². The second-order valence-corrected chi connectivity index (χ2v) is 6.36. The highest BCUT2D eigenvalue weighted by Gasteiger charge is 2.53. The minimum absolute atomic E-state index is 0.00953. The van der Waals surface area contributed by atoms with Crippen molar-refractivity contribution in [3.8, 4) is 0 Å². The molecular formula is C14H24N2O2. The first-order valence-corrected chi connectivity index (χ1v) is 7.03. The largest absolute Gasteiger partial charge is 0.325 e. The van der Waals surface area contributed by atoms with Gasteiger partial charge in [0.15, 0.2) is 0 Å². The van der Waals surface area contributed by atoms with Gasteiger partial charge in [-0.3, -0.25) is 9.69 Å². The van der Waals surface area contributed by atoms with E-state index in [1.165, 1.54) is 4.90 Å². The van der Waals surface area contributed by atoms with Gasteiger partial charge in [0, 0.05) is 6.04 Å². The van der Waals surface area contributed by atoms with Gasteiger partial charge in [-0.2, -0.15) is 0 Å². The molecule has 2 fully saturated rings. The van der Waals surface area contributed by atoms with Gasteiger partial charge in [0.1, 0.15) is 5.54 Å². The standard InChI is InChI=1S/C14H24N2O2/c1-9(2)11-5-7-14(8-6-11)12(17)16(10(3)4)13(18)15-14/h9-11H,5-8H2,1-4H3,(H,15,18). The minimum Gasteiger partial charge on any atom is -0.323 e. The van der Waals surface area contributed by atoms with Gasteiger partial charge in [-0.1, -0.05) is 13.8 Å². The molecule has 18 heavy (non-hydrogen) atoms. The SMILES string of the molecule is CC(C)C1CCC2(CC1)NC(=O)N(C(C)C)C2=O. The molecule has 0 unspecified atom stereocenters. The Morgan fingerprint density at radius 1 is 1.17 bits per heavy atom. The second kappa shape index (κ2) is 4.56. The Morgan fingerprint density at radius 2 is 1.72 bits per heavy atom. The summed E-state index contributed by atoms with van der Waals surface area (Å²) in [5.74, 6) is 1.34. The molecule has 0 bridgehead atoms. The predicted octanol–water partition coefficient (Wildman–Crippen LogP) is 2.53. The third kappa shape index (κ3) is 2.02. The quantitative estimate of drug-likeness (QED) is 0.768. The molecule has 0 aromatic carbocycles. The first-order valence-electron chi connectivity index (χ1n) is 7.03. The summed E-state index contributed by atoms with van der Waals surface area (Å²) >= 11 is 0. The fourth-order valence-corrected chi connectivity index (χ4v) is 3.25. The van der Waals surface area contributed by atoms with Crippen LogP contribution in [0.1, 0.15) is 53.4 Å². The summed E-state index contributed by atoms with van der Waals surface area (Å²) < 4.78 is 0. The van der Waals surface area contributed by atoms with Gasteiger partial charge in [0.25, 0.3) is 5.91 Å². The summed E-state index contributed by atoms with van der Waals surface area (Å²) in [5.41, 5.74) is -0.591. The van der Waals surface area contributed by atoms with Crippen LogP contribution < -0.4 is 5.32 Å². The summed E-state index contributed by atoms with van der Waals surface area (Å²) in [6.07, 6.45) is 3.67. The van der Waals surface area contributed by atoms with Crippen LogP contribution in [0, 0.1) is 11.8 Å². The summed E-state index contributed by atoms with van der Waals surface area (Å²) in [5, 5.41) is 2.95. The van der Waals surface area contributed by atoms with Gasteiger partial charge in [-0.15, -0.1) is 0 Å². The van der Waals surface area contributed by atoms with Gasteiger partial charge in [-0.25, -0.2) is 4.79 Å². The second-order valence-electron chi connectivity index (χ2n) is 6.36. The summed E-state index contributed by atoms with van der Waals surface area (Å²) in [7, 11) is 0.